The maximum Gasteiger partial charge on any atom is 0.301 e. The zero-order chi connectivity index (χ0) is 23.1. The molecule has 33 heavy (non-hydrogen) atoms. The number of aromatic nitrogens is 1. The summed E-state index contributed by atoms with van der Waals surface area (Å²) in [5, 5.41) is 12.1. The topological polar surface area (TPSA) is 79.7 Å². The number of anilines is 1. The molecule has 1 atom stereocenters. The molecule has 1 saturated heterocycles. The average molecular weight is 477 g/mol. The summed E-state index contributed by atoms with van der Waals surface area (Å²) in [6.45, 7) is 0. The molecule has 0 radical (unpaired) electrons. The SMILES string of the molecule is COc1cccc(/C(O)=C2\C(=O)C(=O)N(c3nc4ccc(Cl)cc4s3)C2c2ccccc2)c1. The number of ketones is 1. The molecule has 0 aliphatic carbocycles. The van der Waals surface area contributed by atoms with Gasteiger partial charge in [0.05, 0.1) is 28.9 Å². The number of hydrogen-bond acceptors (Lipinski definition) is 6. The van der Waals surface area contributed by atoms with E-state index < -0.39 is 17.7 Å². The van der Waals surface area contributed by atoms with E-state index in [1.807, 2.05) is 30.3 Å². The monoisotopic (exact) mass is 476 g/mol. The molecular formula is C25H17ClN2O4S. The molecule has 3 aromatic carbocycles. The third-order valence-corrected chi connectivity index (χ3v) is 6.70. The smallest absolute Gasteiger partial charge is 0.301 e. The van der Waals surface area contributed by atoms with E-state index in [-0.39, 0.29) is 11.3 Å². The Morgan fingerprint density at radius 2 is 1.85 bits per heavy atom. The van der Waals surface area contributed by atoms with Crippen LogP contribution in [0.25, 0.3) is 16.0 Å². The molecule has 1 aromatic heterocycles. The Morgan fingerprint density at radius 3 is 2.61 bits per heavy atom. The summed E-state index contributed by atoms with van der Waals surface area (Å²) in [6.07, 6.45) is 0. The Balaban J connectivity index is 1.72. The van der Waals surface area contributed by atoms with Crippen molar-refractivity contribution >= 4 is 55.7 Å². The molecule has 0 spiro atoms. The first-order valence-corrected chi connectivity index (χ1v) is 11.2. The second-order valence-electron chi connectivity index (χ2n) is 7.42. The highest BCUT2D eigenvalue weighted by Crippen LogP contribution is 2.44. The van der Waals surface area contributed by atoms with E-state index in [1.165, 1.54) is 23.3 Å². The molecular weight excluding hydrogens is 460 g/mol. The van der Waals surface area contributed by atoms with Gasteiger partial charge < -0.3 is 9.84 Å². The van der Waals surface area contributed by atoms with Gasteiger partial charge in [0.25, 0.3) is 5.78 Å². The van der Waals surface area contributed by atoms with Gasteiger partial charge in [-0.05, 0) is 35.9 Å². The van der Waals surface area contributed by atoms with Gasteiger partial charge in [-0.15, -0.1) is 0 Å². The largest absolute Gasteiger partial charge is 0.507 e. The highest BCUT2D eigenvalue weighted by Gasteiger charge is 2.48. The summed E-state index contributed by atoms with van der Waals surface area (Å²) in [6, 6.07) is 20.2. The fraction of sp³-hybridized carbons (Fsp3) is 0.0800. The summed E-state index contributed by atoms with van der Waals surface area (Å²) >= 11 is 7.38. The molecule has 6 nitrogen and oxygen atoms in total. The molecule has 2 heterocycles. The molecule has 1 fully saturated rings. The third-order valence-electron chi connectivity index (χ3n) is 5.45. The molecule has 1 aliphatic rings. The van der Waals surface area contributed by atoms with Crippen molar-refractivity contribution in [2.45, 2.75) is 6.04 Å². The van der Waals surface area contributed by atoms with Crippen LogP contribution in [0, 0.1) is 0 Å². The number of rotatable bonds is 4. The van der Waals surface area contributed by atoms with Gasteiger partial charge in [0, 0.05) is 10.6 Å². The fourth-order valence-corrected chi connectivity index (χ4v) is 5.16. The second-order valence-corrected chi connectivity index (χ2v) is 8.87. The van der Waals surface area contributed by atoms with E-state index in [9.17, 15) is 14.7 Å². The first-order valence-electron chi connectivity index (χ1n) is 10.0. The molecule has 0 saturated carbocycles. The van der Waals surface area contributed by atoms with E-state index in [0.717, 1.165) is 4.70 Å². The predicted octanol–water partition coefficient (Wildman–Crippen LogP) is 5.58. The number of fused-ring (bicyclic) bond motifs is 1. The molecule has 164 valence electrons. The number of Topliss-reactive ketones (excluding diaryl/α,β-unsaturated/α-hetero) is 1. The average Bonchev–Trinajstić information content (AvgIpc) is 3.37. The van der Waals surface area contributed by atoms with Crippen LogP contribution in [0.2, 0.25) is 5.02 Å². The van der Waals surface area contributed by atoms with Crippen LogP contribution < -0.4 is 9.64 Å². The molecule has 8 heteroatoms. The van der Waals surface area contributed by atoms with Crippen molar-refractivity contribution in [2.24, 2.45) is 0 Å². The van der Waals surface area contributed by atoms with E-state index in [1.54, 1.807) is 42.5 Å². The zero-order valence-electron chi connectivity index (χ0n) is 17.4. The van der Waals surface area contributed by atoms with Crippen LogP contribution >= 0.6 is 22.9 Å². The number of amides is 1. The fourth-order valence-electron chi connectivity index (χ4n) is 3.90. The van der Waals surface area contributed by atoms with Gasteiger partial charge in [-0.25, -0.2) is 4.98 Å². The van der Waals surface area contributed by atoms with Gasteiger partial charge in [-0.3, -0.25) is 14.5 Å². The molecule has 5 rings (SSSR count). The Morgan fingerprint density at radius 1 is 1.06 bits per heavy atom. The van der Waals surface area contributed by atoms with Crippen LogP contribution in [0.4, 0.5) is 5.13 Å². The van der Waals surface area contributed by atoms with Crippen LogP contribution in [0.1, 0.15) is 17.2 Å². The lowest BCUT2D eigenvalue weighted by Gasteiger charge is -2.22. The highest BCUT2D eigenvalue weighted by atomic mass is 35.5. The number of carbonyl (C=O) groups is 2. The van der Waals surface area contributed by atoms with Crippen molar-refractivity contribution in [3.8, 4) is 5.75 Å². The van der Waals surface area contributed by atoms with Crippen molar-refractivity contribution in [3.05, 3.63) is 94.5 Å². The van der Waals surface area contributed by atoms with Crippen molar-refractivity contribution in [2.75, 3.05) is 12.0 Å². The van der Waals surface area contributed by atoms with Crippen molar-refractivity contribution in [1.29, 1.82) is 0 Å². The Hall–Kier alpha value is -3.68. The van der Waals surface area contributed by atoms with Gasteiger partial charge in [-0.2, -0.15) is 0 Å². The first-order chi connectivity index (χ1) is 16.0. The molecule has 1 N–H and O–H groups in total. The van der Waals surface area contributed by atoms with Gasteiger partial charge in [0.15, 0.2) is 5.13 Å². The molecule has 1 unspecified atom stereocenters. The maximum absolute atomic E-state index is 13.2. The minimum atomic E-state index is -0.839. The third kappa shape index (κ3) is 3.65. The first kappa shape index (κ1) is 21.2. The predicted molar refractivity (Wildman–Crippen MR) is 129 cm³/mol. The van der Waals surface area contributed by atoms with E-state index >= 15 is 0 Å². The minimum absolute atomic E-state index is 0.00302. The number of halogens is 1. The number of nitrogens with zero attached hydrogens (tertiary/aromatic N) is 2. The Labute approximate surface area is 198 Å². The van der Waals surface area contributed by atoms with Crippen LogP contribution in [0.5, 0.6) is 5.75 Å². The zero-order valence-corrected chi connectivity index (χ0v) is 18.9. The Kier molecular flexibility index (Phi) is 5.36. The van der Waals surface area contributed by atoms with E-state index in [2.05, 4.69) is 4.98 Å². The lowest BCUT2D eigenvalue weighted by atomic mass is 9.95. The van der Waals surface area contributed by atoms with E-state index in [4.69, 9.17) is 16.3 Å². The molecule has 1 aliphatic heterocycles. The number of aliphatic hydroxyl groups excluding tert-OH is 1. The highest BCUT2D eigenvalue weighted by molar-refractivity contribution is 7.22. The van der Waals surface area contributed by atoms with Crippen molar-refractivity contribution in [1.82, 2.24) is 4.98 Å². The Bertz CT molecular complexity index is 1430. The summed E-state index contributed by atoms with van der Waals surface area (Å²) in [5.74, 6) is -1.28. The summed E-state index contributed by atoms with van der Waals surface area (Å²) in [4.78, 5) is 32.4. The van der Waals surface area contributed by atoms with Gasteiger partial charge in [-0.1, -0.05) is 65.4 Å². The number of hydrogen-bond donors (Lipinski definition) is 1. The van der Waals surface area contributed by atoms with Crippen molar-refractivity contribution in [3.63, 3.8) is 0 Å². The summed E-state index contributed by atoms with van der Waals surface area (Å²) < 4.78 is 6.04. The van der Waals surface area contributed by atoms with Gasteiger partial charge in [0.2, 0.25) is 0 Å². The van der Waals surface area contributed by atoms with Crippen LogP contribution in [0.3, 0.4) is 0 Å². The van der Waals surface area contributed by atoms with Gasteiger partial charge in [0.1, 0.15) is 11.5 Å². The standard InChI is InChI=1S/C25H17ClN2O4S/c1-32-17-9-5-8-15(12-17)22(29)20-21(14-6-3-2-4-7-14)28(24(31)23(20)30)25-27-18-11-10-16(26)13-19(18)33-25/h2-13,21,29H,1H3/b22-20+. The summed E-state index contributed by atoms with van der Waals surface area (Å²) in [5.41, 5.74) is 1.72. The minimum Gasteiger partial charge on any atom is -0.507 e. The van der Waals surface area contributed by atoms with E-state index in [0.29, 0.717) is 32.5 Å². The summed E-state index contributed by atoms with van der Waals surface area (Å²) in [7, 11) is 1.52. The number of aliphatic hydroxyl groups is 1. The molecule has 4 aromatic rings. The maximum atomic E-state index is 13.2. The second kappa shape index (κ2) is 8.35. The van der Waals surface area contributed by atoms with Crippen LogP contribution in [0.15, 0.2) is 78.4 Å². The van der Waals surface area contributed by atoms with Crippen molar-refractivity contribution < 1.29 is 19.4 Å². The number of methoxy groups -OCH3 is 1. The van der Waals surface area contributed by atoms with Gasteiger partial charge >= 0.3 is 5.91 Å². The molecule has 0 bridgehead atoms. The molecule has 1 amide bonds. The number of benzene rings is 3. The normalized spacial score (nSPS) is 17.6. The number of ether oxygens (including phenoxy) is 1. The lowest BCUT2D eigenvalue weighted by Crippen LogP contribution is -2.29. The number of carbonyl (C=O) groups excluding carboxylic acids is 2. The van der Waals surface area contributed by atoms with Crippen LogP contribution in [-0.4, -0.2) is 28.9 Å². The quantitative estimate of drug-likeness (QED) is 0.236. The number of thiazole rings is 1. The lowest BCUT2D eigenvalue weighted by molar-refractivity contribution is -0.132. The van der Waals surface area contributed by atoms with Crippen LogP contribution in [-0.2, 0) is 9.59 Å².